The molecule has 0 atom stereocenters. The highest BCUT2D eigenvalue weighted by Gasteiger charge is 2.20. The van der Waals surface area contributed by atoms with Gasteiger partial charge in [-0.2, -0.15) is 0 Å². The van der Waals surface area contributed by atoms with Crippen LogP contribution in [0.5, 0.6) is 5.75 Å². The lowest BCUT2D eigenvalue weighted by Gasteiger charge is -2.23. The van der Waals surface area contributed by atoms with Crippen molar-refractivity contribution in [2.45, 2.75) is 38.9 Å². The molecule has 1 fully saturated rings. The number of benzene rings is 2. The molecular weight excluding hydrogens is 284 g/mol. The molecule has 1 N–H and O–H groups in total. The van der Waals surface area contributed by atoms with Crippen molar-refractivity contribution in [1.82, 2.24) is 5.32 Å². The summed E-state index contributed by atoms with van der Waals surface area (Å²) in [6, 6.07) is 17.8. The monoisotopic (exact) mass is 310 g/mol. The maximum Gasteiger partial charge on any atom is 0.142 e. The minimum atomic E-state index is 0.686. The Kier molecular flexibility index (Phi) is 5.19. The van der Waals surface area contributed by atoms with Gasteiger partial charge in [0.1, 0.15) is 5.75 Å². The highest BCUT2D eigenvalue weighted by atomic mass is 16.5. The molecule has 2 aromatic carbocycles. The third-order valence-corrected chi connectivity index (χ3v) is 4.17. The van der Waals surface area contributed by atoms with Crippen LogP contribution in [0.4, 0.5) is 5.69 Å². The van der Waals surface area contributed by atoms with Crippen LogP contribution in [0.2, 0.25) is 0 Å². The molecule has 3 nitrogen and oxygen atoms in total. The molecule has 0 heterocycles. The maximum absolute atomic E-state index is 5.89. The lowest BCUT2D eigenvalue weighted by Crippen LogP contribution is -2.18. The summed E-state index contributed by atoms with van der Waals surface area (Å²) in [5.74, 6) is 0.973. The first-order valence-electron chi connectivity index (χ1n) is 8.50. The third kappa shape index (κ3) is 4.49. The first kappa shape index (κ1) is 15.9. The van der Waals surface area contributed by atoms with Crippen LogP contribution in [0.25, 0.3) is 0 Å². The highest BCUT2D eigenvalue weighted by molar-refractivity contribution is 5.59. The van der Waals surface area contributed by atoms with Crippen molar-refractivity contribution < 1.29 is 4.74 Å². The van der Waals surface area contributed by atoms with Gasteiger partial charge in [0.2, 0.25) is 0 Å². The molecule has 0 bridgehead atoms. The summed E-state index contributed by atoms with van der Waals surface area (Å²) in [6.07, 6.45) is 2.63. The molecule has 1 aliphatic carbocycles. The van der Waals surface area contributed by atoms with Gasteiger partial charge in [0, 0.05) is 26.2 Å². The summed E-state index contributed by atoms with van der Waals surface area (Å²) < 4.78 is 5.89. The van der Waals surface area contributed by atoms with E-state index in [1.807, 2.05) is 6.92 Å². The smallest absolute Gasteiger partial charge is 0.142 e. The SMILES string of the molecule is CCOc1cc(CNC2CC2)ccc1N(C)Cc1ccccc1. The first-order valence-corrected chi connectivity index (χ1v) is 8.50. The normalized spacial score (nSPS) is 13.8. The lowest BCUT2D eigenvalue weighted by molar-refractivity contribution is 0.340. The van der Waals surface area contributed by atoms with Gasteiger partial charge in [-0.05, 0) is 43.0 Å². The van der Waals surface area contributed by atoms with E-state index in [-0.39, 0.29) is 0 Å². The highest BCUT2D eigenvalue weighted by Crippen LogP contribution is 2.30. The van der Waals surface area contributed by atoms with Crippen LogP contribution in [0, 0.1) is 0 Å². The fraction of sp³-hybridized carbons (Fsp3) is 0.400. The van der Waals surface area contributed by atoms with E-state index in [1.165, 1.54) is 24.0 Å². The zero-order chi connectivity index (χ0) is 16.1. The van der Waals surface area contributed by atoms with Crippen molar-refractivity contribution in [2.24, 2.45) is 0 Å². The average molecular weight is 310 g/mol. The van der Waals surface area contributed by atoms with Crippen LogP contribution in [-0.4, -0.2) is 19.7 Å². The molecule has 1 aliphatic rings. The molecule has 2 aromatic rings. The number of anilines is 1. The fourth-order valence-corrected chi connectivity index (χ4v) is 2.75. The maximum atomic E-state index is 5.89. The van der Waals surface area contributed by atoms with Crippen molar-refractivity contribution in [3.8, 4) is 5.75 Å². The van der Waals surface area contributed by atoms with E-state index >= 15 is 0 Å². The standard InChI is InChI=1S/C20H26N2O/c1-3-23-20-13-17(14-21-18-10-11-18)9-12-19(20)22(2)15-16-7-5-4-6-8-16/h4-9,12-13,18,21H,3,10-11,14-15H2,1-2H3. The summed E-state index contributed by atoms with van der Waals surface area (Å²) >= 11 is 0. The molecular formula is C20H26N2O. The second-order valence-electron chi connectivity index (χ2n) is 6.23. The molecule has 0 aromatic heterocycles. The third-order valence-electron chi connectivity index (χ3n) is 4.17. The Hall–Kier alpha value is -2.00. The Bertz CT molecular complexity index is 623. The van der Waals surface area contributed by atoms with Crippen molar-refractivity contribution in [1.29, 1.82) is 0 Å². The van der Waals surface area contributed by atoms with E-state index in [4.69, 9.17) is 4.74 Å². The predicted octanol–water partition coefficient (Wildman–Crippen LogP) is 3.97. The lowest BCUT2D eigenvalue weighted by atomic mass is 10.1. The Morgan fingerprint density at radius 2 is 1.87 bits per heavy atom. The van der Waals surface area contributed by atoms with Gasteiger partial charge in [-0.1, -0.05) is 36.4 Å². The Labute approximate surface area is 139 Å². The van der Waals surface area contributed by atoms with E-state index in [9.17, 15) is 0 Å². The van der Waals surface area contributed by atoms with Gasteiger partial charge in [-0.15, -0.1) is 0 Å². The van der Waals surface area contributed by atoms with Gasteiger partial charge in [0.15, 0.2) is 0 Å². The number of nitrogens with one attached hydrogen (secondary N) is 1. The summed E-state index contributed by atoms with van der Waals surface area (Å²) in [4.78, 5) is 2.25. The van der Waals surface area contributed by atoms with E-state index in [0.717, 1.165) is 30.6 Å². The van der Waals surface area contributed by atoms with Gasteiger partial charge in [-0.3, -0.25) is 0 Å². The Morgan fingerprint density at radius 1 is 1.09 bits per heavy atom. The van der Waals surface area contributed by atoms with Crippen molar-refractivity contribution in [2.75, 3.05) is 18.6 Å². The van der Waals surface area contributed by atoms with Gasteiger partial charge in [0.25, 0.3) is 0 Å². The molecule has 0 spiro atoms. The molecule has 23 heavy (non-hydrogen) atoms. The number of ether oxygens (including phenoxy) is 1. The molecule has 0 unspecified atom stereocenters. The number of rotatable bonds is 8. The van der Waals surface area contributed by atoms with Gasteiger partial charge < -0.3 is 15.0 Å². The molecule has 0 saturated heterocycles. The molecule has 0 aliphatic heterocycles. The predicted molar refractivity (Wildman–Crippen MR) is 96.0 cm³/mol. The summed E-state index contributed by atoms with van der Waals surface area (Å²) in [7, 11) is 2.12. The van der Waals surface area contributed by atoms with Crippen LogP contribution in [0.15, 0.2) is 48.5 Å². The summed E-state index contributed by atoms with van der Waals surface area (Å²) in [5, 5.41) is 3.56. The van der Waals surface area contributed by atoms with Gasteiger partial charge >= 0.3 is 0 Å². The largest absolute Gasteiger partial charge is 0.492 e. The molecule has 0 radical (unpaired) electrons. The topological polar surface area (TPSA) is 24.5 Å². The second kappa shape index (κ2) is 7.51. The molecule has 3 rings (SSSR count). The molecule has 1 saturated carbocycles. The summed E-state index contributed by atoms with van der Waals surface area (Å²) in [5.41, 5.74) is 3.74. The van der Waals surface area contributed by atoms with Gasteiger partial charge in [-0.25, -0.2) is 0 Å². The Balaban J connectivity index is 1.73. The number of nitrogens with zero attached hydrogens (tertiary/aromatic N) is 1. The van der Waals surface area contributed by atoms with Crippen molar-refractivity contribution in [3.05, 3.63) is 59.7 Å². The number of hydrogen-bond donors (Lipinski definition) is 1. The molecule has 0 amide bonds. The average Bonchev–Trinajstić information content (AvgIpc) is 3.39. The van der Waals surface area contributed by atoms with Crippen LogP contribution >= 0.6 is 0 Å². The second-order valence-corrected chi connectivity index (χ2v) is 6.23. The van der Waals surface area contributed by atoms with Gasteiger partial charge in [0.05, 0.1) is 12.3 Å². The van der Waals surface area contributed by atoms with Crippen LogP contribution in [-0.2, 0) is 13.1 Å². The minimum absolute atomic E-state index is 0.686. The zero-order valence-corrected chi connectivity index (χ0v) is 14.1. The minimum Gasteiger partial charge on any atom is -0.492 e. The fourth-order valence-electron chi connectivity index (χ4n) is 2.75. The van der Waals surface area contributed by atoms with Crippen LogP contribution < -0.4 is 15.0 Å². The molecule has 122 valence electrons. The van der Waals surface area contributed by atoms with Crippen LogP contribution in [0.1, 0.15) is 30.9 Å². The van der Waals surface area contributed by atoms with E-state index in [0.29, 0.717) is 6.61 Å². The van der Waals surface area contributed by atoms with E-state index < -0.39 is 0 Å². The van der Waals surface area contributed by atoms with E-state index in [1.54, 1.807) is 0 Å². The van der Waals surface area contributed by atoms with Crippen molar-refractivity contribution in [3.63, 3.8) is 0 Å². The number of hydrogen-bond acceptors (Lipinski definition) is 3. The molecule has 3 heteroatoms. The Morgan fingerprint density at radius 3 is 2.57 bits per heavy atom. The summed E-state index contributed by atoms with van der Waals surface area (Å²) in [6.45, 7) is 4.52. The van der Waals surface area contributed by atoms with Crippen LogP contribution in [0.3, 0.4) is 0 Å². The van der Waals surface area contributed by atoms with Crippen molar-refractivity contribution >= 4 is 5.69 Å². The quantitative estimate of drug-likeness (QED) is 0.798. The zero-order valence-electron chi connectivity index (χ0n) is 14.1. The van der Waals surface area contributed by atoms with E-state index in [2.05, 4.69) is 65.8 Å². The first-order chi connectivity index (χ1) is 11.3.